The van der Waals surface area contributed by atoms with E-state index in [0.717, 1.165) is 17.9 Å². The summed E-state index contributed by atoms with van der Waals surface area (Å²) in [6, 6.07) is 1.83. The van der Waals surface area contributed by atoms with E-state index in [-0.39, 0.29) is 6.08 Å². The number of aromatic nitrogens is 3. The molecule has 0 fully saturated rings. The molecule has 0 atom stereocenters. The lowest BCUT2D eigenvalue weighted by Gasteiger charge is -1.99. The molecule has 0 bridgehead atoms. The number of hydrogen-bond donors (Lipinski definition) is 1. The second-order valence-corrected chi connectivity index (χ2v) is 3.73. The van der Waals surface area contributed by atoms with Crippen LogP contribution in [0.2, 0.25) is 0 Å². The molecule has 0 radical (unpaired) electrons. The molecule has 0 aliphatic rings. The van der Waals surface area contributed by atoms with Gasteiger partial charge in [-0.25, -0.2) is 4.68 Å². The third-order valence-corrected chi connectivity index (χ3v) is 2.24. The maximum atomic E-state index is 5.49. The molecule has 0 aromatic carbocycles. The Morgan fingerprint density at radius 3 is 3.00 bits per heavy atom. The van der Waals surface area contributed by atoms with Crippen LogP contribution in [-0.4, -0.2) is 21.3 Å². The molecular weight excluding hydrogens is 220 g/mol. The Bertz CT molecular complexity index is 489. The van der Waals surface area contributed by atoms with E-state index >= 15 is 0 Å². The Balaban J connectivity index is 2.03. The highest BCUT2D eigenvalue weighted by Gasteiger charge is 2.09. The third-order valence-electron chi connectivity index (χ3n) is 2.24. The number of nitrogens with zero attached hydrogens (tertiary/aromatic N) is 3. The van der Waals surface area contributed by atoms with E-state index < -0.39 is 0 Å². The van der Waals surface area contributed by atoms with E-state index in [4.69, 9.17) is 9.15 Å². The van der Waals surface area contributed by atoms with Gasteiger partial charge in [-0.3, -0.25) is 0 Å². The second-order valence-electron chi connectivity index (χ2n) is 3.73. The number of hydrogen-bond acceptors (Lipinski definition) is 5. The maximum absolute atomic E-state index is 5.49. The van der Waals surface area contributed by atoms with Crippen LogP contribution in [0.4, 0.5) is 0 Å². The highest BCUT2D eigenvalue weighted by atomic mass is 16.6. The molecule has 0 spiro atoms. The monoisotopic (exact) mass is 236 g/mol. The summed E-state index contributed by atoms with van der Waals surface area (Å²) in [4.78, 5) is 4.20. The van der Waals surface area contributed by atoms with Crippen molar-refractivity contribution in [1.29, 1.82) is 0 Å². The molecule has 17 heavy (non-hydrogen) atoms. The molecule has 92 valence electrons. The fraction of sp³-hybridized carbons (Fsp3) is 0.455. The summed E-state index contributed by atoms with van der Waals surface area (Å²) in [5.74, 6) is 0.611. The van der Waals surface area contributed by atoms with Gasteiger partial charge in [-0.15, -0.1) is 0 Å². The number of rotatable bonds is 5. The highest BCUT2D eigenvalue weighted by molar-refractivity contribution is 5.17. The Labute approximate surface area is 99.6 Å². The zero-order valence-electron chi connectivity index (χ0n) is 10.2. The smallest absolute Gasteiger partial charge is 0.400 e. The van der Waals surface area contributed by atoms with E-state index in [0.29, 0.717) is 12.4 Å². The third kappa shape index (κ3) is 2.85. The van der Waals surface area contributed by atoms with Gasteiger partial charge >= 0.3 is 6.08 Å². The van der Waals surface area contributed by atoms with Crippen LogP contribution in [0, 0.1) is 6.92 Å². The summed E-state index contributed by atoms with van der Waals surface area (Å²) in [6.45, 7) is 5.51. The Hall–Kier alpha value is -1.82. The first-order valence-electron chi connectivity index (χ1n) is 5.52. The molecular formula is C11H16N4O2. The fourth-order valence-electron chi connectivity index (χ4n) is 1.44. The van der Waals surface area contributed by atoms with Crippen molar-refractivity contribution in [3.05, 3.63) is 23.7 Å². The molecule has 0 saturated carbocycles. The van der Waals surface area contributed by atoms with Gasteiger partial charge in [0, 0.05) is 19.7 Å². The van der Waals surface area contributed by atoms with Gasteiger partial charge in [-0.2, -0.15) is 10.1 Å². The molecule has 2 aromatic heterocycles. The topological polar surface area (TPSA) is 65.1 Å². The minimum atomic E-state index is 0.237. The van der Waals surface area contributed by atoms with E-state index in [9.17, 15) is 0 Å². The van der Waals surface area contributed by atoms with Crippen molar-refractivity contribution in [1.82, 2.24) is 20.1 Å². The van der Waals surface area contributed by atoms with Crippen LogP contribution >= 0.6 is 0 Å². The van der Waals surface area contributed by atoms with Crippen LogP contribution in [0.1, 0.15) is 18.3 Å². The zero-order chi connectivity index (χ0) is 12.3. The summed E-state index contributed by atoms with van der Waals surface area (Å²) < 4.78 is 12.3. The van der Waals surface area contributed by atoms with E-state index in [2.05, 4.69) is 15.4 Å². The standard InChI is InChI=1S/C11H16N4O2/c1-4-12-6-9-7-16-11(13-9)17-10-5-8(2)14-15(10)3/h5,7,12H,4,6H2,1-3H3. The van der Waals surface area contributed by atoms with Gasteiger partial charge in [0.25, 0.3) is 0 Å². The molecule has 6 nitrogen and oxygen atoms in total. The van der Waals surface area contributed by atoms with Crippen molar-refractivity contribution < 1.29 is 9.15 Å². The van der Waals surface area contributed by atoms with Gasteiger partial charge in [0.2, 0.25) is 5.88 Å². The van der Waals surface area contributed by atoms with Crippen LogP contribution in [0.5, 0.6) is 12.0 Å². The predicted octanol–water partition coefficient (Wildman–Crippen LogP) is 1.62. The SMILES string of the molecule is CCNCc1coc(Oc2cc(C)nn2C)n1. The lowest BCUT2D eigenvalue weighted by atomic mass is 10.5. The van der Waals surface area contributed by atoms with Gasteiger partial charge in [-0.1, -0.05) is 6.92 Å². The Morgan fingerprint density at radius 1 is 1.53 bits per heavy atom. The van der Waals surface area contributed by atoms with E-state index in [1.54, 1.807) is 10.9 Å². The highest BCUT2D eigenvalue weighted by Crippen LogP contribution is 2.20. The normalized spacial score (nSPS) is 10.8. The molecule has 0 unspecified atom stereocenters. The van der Waals surface area contributed by atoms with Crippen molar-refractivity contribution >= 4 is 0 Å². The van der Waals surface area contributed by atoms with Gasteiger partial charge in [-0.05, 0) is 13.5 Å². The van der Waals surface area contributed by atoms with Crippen molar-refractivity contribution in [2.24, 2.45) is 7.05 Å². The molecule has 2 heterocycles. The van der Waals surface area contributed by atoms with Crippen LogP contribution < -0.4 is 10.1 Å². The molecule has 6 heteroatoms. The minimum Gasteiger partial charge on any atom is -0.417 e. The summed E-state index contributed by atoms with van der Waals surface area (Å²) in [5.41, 5.74) is 1.71. The Kier molecular flexibility index (Phi) is 3.43. The lowest BCUT2D eigenvalue weighted by Crippen LogP contribution is -2.11. The predicted molar refractivity (Wildman–Crippen MR) is 61.9 cm³/mol. The van der Waals surface area contributed by atoms with Crippen molar-refractivity contribution in [3.8, 4) is 12.0 Å². The van der Waals surface area contributed by atoms with E-state index in [1.807, 2.05) is 27.0 Å². The van der Waals surface area contributed by atoms with Crippen LogP contribution in [0.15, 0.2) is 16.7 Å². The van der Waals surface area contributed by atoms with Gasteiger partial charge < -0.3 is 14.5 Å². The average molecular weight is 236 g/mol. The van der Waals surface area contributed by atoms with Crippen molar-refractivity contribution in [3.63, 3.8) is 0 Å². The van der Waals surface area contributed by atoms with Crippen molar-refractivity contribution in [2.75, 3.05) is 6.54 Å². The minimum absolute atomic E-state index is 0.237. The maximum Gasteiger partial charge on any atom is 0.400 e. The number of nitrogens with one attached hydrogen (secondary N) is 1. The fourth-order valence-corrected chi connectivity index (χ4v) is 1.44. The molecule has 0 aliphatic carbocycles. The second kappa shape index (κ2) is 5.01. The van der Waals surface area contributed by atoms with Gasteiger partial charge in [0.15, 0.2) is 0 Å². The van der Waals surface area contributed by atoms with Crippen molar-refractivity contribution in [2.45, 2.75) is 20.4 Å². The van der Waals surface area contributed by atoms with Gasteiger partial charge in [0.1, 0.15) is 6.26 Å². The summed E-state index contributed by atoms with van der Waals surface area (Å²) in [5, 5.41) is 7.34. The first-order valence-corrected chi connectivity index (χ1v) is 5.52. The summed E-state index contributed by atoms with van der Waals surface area (Å²) in [6.07, 6.45) is 1.82. The van der Waals surface area contributed by atoms with Crippen LogP contribution in [-0.2, 0) is 13.6 Å². The summed E-state index contributed by atoms with van der Waals surface area (Å²) in [7, 11) is 1.81. The molecule has 0 amide bonds. The molecule has 0 aliphatic heterocycles. The quantitative estimate of drug-likeness (QED) is 0.854. The first-order chi connectivity index (χ1) is 8.19. The molecule has 0 saturated heterocycles. The Morgan fingerprint density at radius 2 is 2.35 bits per heavy atom. The largest absolute Gasteiger partial charge is 0.417 e. The summed E-state index contributed by atoms with van der Waals surface area (Å²) >= 11 is 0. The number of aryl methyl sites for hydroxylation is 2. The van der Waals surface area contributed by atoms with Gasteiger partial charge in [0.05, 0.1) is 11.4 Å². The first kappa shape index (κ1) is 11.7. The van der Waals surface area contributed by atoms with Crippen LogP contribution in [0.3, 0.4) is 0 Å². The number of ether oxygens (including phenoxy) is 1. The molecule has 1 N–H and O–H groups in total. The molecule has 2 aromatic rings. The van der Waals surface area contributed by atoms with E-state index in [1.165, 1.54) is 0 Å². The zero-order valence-corrected chi connectivity index (χ0v) is 10.2. The van der Waals surface area contributed by atoms with Crippen LogP contribution in [0.25, 0.3) is 0 Å². The number of oxazole rings is 1. The average Bonchev–Trinajstić information content (AvgIpc) is 2.84. The lowest BCUT2D eigenvalue weighted by molar-refractivity contribution is 0.309. The molecule has 2 rings (SSSR count).